The highest BCUT2D eigenvalue weighted by Crippen LogP contribution is 2.28. The average Bonchev–Trinajstić information content (AvgIpc) is 2.28. The molecule has 0 fully saturated rings. The van der Waals surface area contributed by atoms with Crippen molar-refractivity contribution < 1.29 is 9.47 Å². The van der Waals surface area contributed by atoms with Gasteiger partial charge in [0.15, 0.2) is 11.5 Å². The summed E-state index contributed by atoms with van der Waals surface area (Å²) < 4.78 is 10.4. The molecule has 2 nitrogen and oxygen atoms in total. The monoisotopic (exact) mass is 272 g/mol. The molecule has 0 N–H and O–H groups in total. The van der Waals surface area contributed by atoms with Crippen LogP contribution in [0.4, 0.5) is 0 Å². The van der Waals surface area contributed by atoms with Gasteiger partial charge in [0, 0.05) is 5.33 Å². The molecule has 0 bridgehead atoms. The van der Waals surface area contributed by atoms with Crippen LogP contribution in [0.5, 0.6) is 11.5 Å². The SMILES string of the molecule is COc1ccc(CC(C)CBr)cc1OC. The second-order valence-electron chi connectivity index (χ2n) is 3.65. The molecule has 1 rings (SSSR count). The van der Waals surface area contributed by atoms with Gasteiger partial charge in [-0.2, -0.15) is 0 Å². The molecule has 0 aromatic heterocycles. The largest absolute Gasteiger partial charge is 0.493 e. The predicted octanol–water partition coefficient (Wildman–Crippen LogP) is 3.28. The molecule has 0 amide bonds. The van der Waals surface area contributed by atoms with E-state index in [1.54, 1.807) is 14.2 Å². The van der Waals surface area contributed by atoms with E-state index in [0.29, 0.717) is 5.92 Å². The number of methoxy groups -OCH3 is 2. The van der Waals surface area contributed by atoms with Crippen LogP contribution in [0.3, 0.4) is 0 Å². The van der Waals surface area contributed by atoms with Gasteiger partial charge in [-0.05, 0) is 30.0 Å². The Labute approximate surface area is 99.7 Å². The molecule has 1 aromatic carbocycles. The minimum absolute atomic E-state index is 0.628. The second kappa shape index (κ2) is 6.01. The van der Waals surface area contributed by atoms with Crippen LogP contribution >= 0.6 is 15.9 Å². The van der Waals surface area contributed by atoms with Gasteiger partial charge >= 0.3 is 0 Å². The van der Waals surface area contributed by atoms with Crippen molar-refractivity contribution in [3.8, 4) is 11.5 Å². The van der Waals surface area contributed by atoms with Crippen molar-refractivity contribution in [1.82, 2.24) is 0 Å². The molecule has 0 radical (unpaired) electrons. The lowest BCUT2D eigenvalue weighted by molar-refractivity contribution is 0.354. The summed E-state index contributed by atoms with van der Waals surface area (Å²) >= 11 is 3.48. The van der Waals surface area contributed by atoms with Crippen LogP contribution in [0.15, 0.2) is 18.2 Å². The van der Waals surface area contributed by atoms with Gasteiger partial charge in [0.1, 0.15) is 0 Å². The van der Waals surface area contributed by atoms with E-state index < -0.39 is 0 Å². The Kier molecular flexibility index (Phi) is 4.95. The highest BCUT2D eigenvalue weighted by atomic mass is 79.9. The van der Waals surface area contributed by atoms with Gasteiger partial charge in [-0.1, -0.05) is 28.9 Å². The molecule has 0 spiro atoms. The molecule has 0 aliphatic rings. The topological polar surface area (TPSA) is 18.5 Å². The zero-order valence-electron chi connectivity index (χ0n) is 9.42. The molecule has 0 aliphatic carbocycles. The first-order valence-corrected chi connectivity index (χ1v) is 6.10. The van der Waals surface area contributed by atoms with Crippen LogP contribution < -0.4 is 9.47 Å². The maximum Gasteiger partial charge on any atom is 0.160 e. The first kappa shape index (κ1) is 12.4. The third kappa shape index (κ3) is 3.42. The zero-order valence-corrected chi connectivity index (χ0v) is 11.0. The third-order valence-electron chi connectivity index (χ3n) is 2.30. The van der Waals surface area contributed by atoms with Crippen molar-refractivity contribution in [2.24, 2.45) is 5.92 Å². The summed E-state index contributed by atoms with van der Waals surface area (Å²) in [5.41, 5.74) is 1.28. The Morgan fingerprint density at radius 3 is 2.40 bits per heavy atom. The lowest BCUT2D eigenvalue weighted by atomic mass is 10.0. The number of rotatable bonds is 5. The lowest BCUT2D eigenvalue weighted by Gasteiger charge is -2.11. The summed E-state index contributed by atoms with van der Waals surface area (Å²) in [6, 6.07) is 6.08. The minimum atomic E-state index is 0.628. The van der Waals surface area contributed by atoms with E-state index in [-0.39, 0.29) is 0 Å². The fraction of sp³-hybridized carbons (Fsp3) is 0.500. The molecule has 84 valence electrons. The molecule has 1 unspecified atom stereocenters. The summed E-state index contributed by atoms with van der Waals surface area (Å²) in [6.07, 6.45) is 1.05. The number of hydrogen-bond acceptors (Lipinski definition) is 2. The van der Waals surface area contributed by atoms with Crippen molar-refractivity contribution in [2.45, 2.75) is 13.3 Å². The molecule has 0 heterocycles. The number of ether oxygens (including phenoxy) is 2. The molecule has 1 atom stereocenters. The highest BCUT2D eigenvalue weighted by molar-refractivity contribution is 9.09. The second-order valence-corrected chi connectivity index (χ2v) is 4.30. The van der Waals surface area contributed by atoms with E-state index in [1.165, 1.54) is 5.56 Å². The Hall–Kier alpha value is -0.700. The normalized spacial score (nSPS) is 12.3. The molecular weight excluding hydrogens is 256 g/mol. The first-order chi connectivity index (χ1) is 7.21. The van der Waals surface area contributed by atoms with Gasteiger partial charge in [0.05, 0.1) is 14.2 Å². The molecule has 0 saturated heterocycles. The van der Waals surface area contributed by atoms with E-state index in [0.717, 1.165) is 23.2 Å². The number of hydrogen-bond donors (Lipinski definition) is 0. The van der Waals surface area contributed by atoms with Crippen molar-refractivity contribution >= 4 is 15.9 Å². The Balaban J connectivity index is 2.83. The number of halogens is 1. The van der Waals surface area contributed by atoms with Crippen molar-refractivity contribution in [3.63, 3.8) is 0 Å². The predicted molar refractivity (Wildman–Crippen MR) is 66.2 cm³/mol. The van der Waals surface area contributed by atoms with E-state index in [9.17, 15) is 0 Å². The zero-order chi connectivity index (χ0) is 11.3. The van der Waals surface area contributed by atoms with E-state index in [4.69, 9.17) is 9.47 Å². The average molecular weight is 273 g/mol. The van der Waals surface area contributed by atoms with Crippen LogP contribution in [-0.4, -0.2) is 19.5 Å². The maximum atomic E-state index is 5.26. The van der Waals surface area contributed by atoms with Crippen LogP contribution in [0, 0.1) is 5.92 Å². The molecule has 0 aliphatic heterocycles. The number of benzene rings is 1. The van der Waals surface area contributed by atoms with Crippen molar-refractivity contribution in [1.29, 1.82) is 0 Å². The minimum Gasteiger partial charge on any atom is -0.493 e. The van der Waals surface area contributed by atoms with Gasteiger partial charge < -0.3 is 9.47 Å². The van der Waals surface area contributed by atoms with Crippen LogP contribution in [0.1, 0.15) is 12.5 Å². The fourth-order valence-electron chi connectivity index (χ4n) is 1.46. The summed E-state index contributed by atoms with van der Waals surface area (Å²) in [4.78, 5) is 0. The number of alkyl halides is 1. The van der Waals surface area contributed by atoms with Gasteiger partial charge in [-0.15, -0.1) is 0 Å². The quantitative estimate of drug-likeness (QED) is 0.766. The van der Waals surface area contributed by atoms with Gasteiger partial charge in [0.2, 0.25) is 0 Å². The Bertz CT molecular complexity index is 312. The summed E-state index contributed by atoms with van der Waals surface area (Å²) in [6.45, 7) is 2.21. The van der Waals surface area contributed by atoms with E-state index in [1.807, 2.05) is 12.1 Å². The van der Waals surface area contributed by atoms with Gasteiger partial charge in [0.25, 0.3) is 0 Å². The summed E-state index contributed by atoms with van der Waals surface area (Å²) in [7, 11) is 3.31. The van der Waals surface area contributed by atoms with Gasteiger partial charge in [-0.25, -0.2) is 0 Å². The molecule has 1 aromatic rings. The molecule has 15 heavy (non-hydrogen) atoms. The lowest BCUT2D eigenvalue weighted by Crippen LogP contribution is -2.01. The third-order valence-corrected chi connectivity index (χ3v) is 3.40. The molecule has 0 saturated carbocycles. The smallest absolute Gasteiger partial charge is 0.160 e. The van der Waals surface area contributed by atoms with Crippen LogP contribution in [0.25, 0.3) is 0 Å². The van der Waals surface area contributed by atoms with Gasteiger partial charge in [-0.3, -0.25) is 0 Å². The van der Waals surface area contributed by atoms with Crippen LogP contribution in [-0.2, 0) is 6.42 Å². The Morgan fingerprint density at radius 1 is 1.20 bits per heavy atom. The first-order valence-electron chi connectivity index (χ1n) is 4.98. The summed E-state index contributed by atoms with van der Waals surface area (Å²) in [5.74, 6) is 2.22. The van der Waals surface area contributed by atoms with E-state index >= 15 is 0 Å². The summed E-state index contributed by atoms with van der Waals surface area (Å²) in [5, 5.41) is 1.02. The molecule has 3 heteroatoms. The standard InChI is InChI=1S/C12H17BrO2/c1-9(8-13)6-10-4-5-11(14-2)12(7-10)15-3/h4-5,7,9H,6,8H2,1-3H3. The molecular formula is C12H17BrO2. The van der Waals surface area contributed by atoms with E-state index in [2.05, 4.69) is 28.9 Å². The van der Waals surface area contributed by atoms with Crippen LogP contribution in [0.2, 0.25) is 0 Å². The fourth-order valence-corrected chi connectivity index (χ4v) is 1.69. The Morgan fingerprint density at radius 2 is 1.87 bits per heavy atom. The maximum absolute atomic E-state index is 5.26. The van der Waals surface area contributed by atoms with Crippen molar-refractivity contribution in [2.75, 3.05) is 19.5 Å². The van der Waals surface area contributed by atoms with Crippen molar-refractivity contribution in [3.05, 3.63) is 23.8 Å². The highest BCUT2D eigenvalue weighted by Gasteiger charge is 2.07.